The topological polar surface area (TPSA) is 17.3 Å². The Balaban J connectivity index is 1.18. The van der Waals surface area contributed by atoms with Gasteiger partial charge in [-0.2, -0.15) is 4.90 Å². The highest BCUT2D eigenvalue weighted by molar-refractivity contribution is 7.26. The summed E-state index contributed by atoms with van der Waals surface area (Å²) in [6.45, 7) is 0. The molecule has 0 atom stereocenters. The zero-order valence-electron chi connectivity index (χ0n) is 22.1. The summed E-state index contributed by atoms with van der Waals surface area (Å²) in [5.41, 5.74) is 10.9. The van der Waals surface area contributed by atoms with E-state index in [9.17, 15) is 0 Å². The average molecular weight is 540 g/mol. The number of hydrogen-bond donors (Lipinski definition) is 0. The molecule has 0 amide bonds. The lowest BCUT2D eigenvalue weighted by Gasteiger charge is -2.30. The SMILES string of the molecule is c1ccc(C2=[N+]=C3c4ccccc4-c4cc(-c5cccc(-c6cccc7c6sc6ccccc67)c5)ccc4N23)cc1. The molecule has 2 aliphatic heterocycles. The Morgan fingerprint density at radius 1 is 0.439 bits per heavy atom. The van der Waals surface area contributed by atoms with Crippen LogP contribution in [0.4, 0.5) is 5.69 Å². The summed E-state index contributed by atoms with van der Waals surface area (Å²) in [6.07, 6.45) is 0. The maximum atomic E-state index is 4.98. The third-order valence-electron chi connectivity index (χ3n) is 8.27. The molecule has 2 nitrogen and oxygen atoms in total. The molecule has 6 aromatic carbocycles. The van der Waals surface area contributed by atoms with Crippen LogP contribution in [0.2, 0.25) is 0 Å². The third-order valence-corrected chi connectivity index (χ3v) is 9.49. The van der Waals surface area contributed by atoms with Crippen LogP contribution < -0.4 is 9.57 Å². The normalized spacial score (nSPS) is 13.2. The highest BCUT2D eigenvalue weighted by Gasteiger charge is 2.44. The molecule has 2 aliphatic rings. The van der Waals surface area contributed by atoms with E-state index >= 15 is 0 Å². The van der Waals surface area contributed by atoms with E-state index in [0.717, 1.165) is 17.2 Å². The van der Waals surface area contributed by atoms with Gasteiger partial charge in [0.05, 0.1) is 11.1 Å². The molecule has 7 aromatic rings. The fourth-order valence-electron chi connectivity index (χ4n) is 6.33. The van der Waals surface area contributed by atoms with Crippen molar-refractivity contribution in [2.75, 3.05) is 4.90 Å². The molecule has 0 aliphatic carbocycles. The van der Waals surface area contributed by atoms with Crippen molar-refractivity contribution in [2.24, 2.45) is 0 Å². The van der Waals surface area contributed by atoms with E-state index in [0.29, 0.717) is 0 Å². The molecule has 0 unspecified atom stereocenters. The lowest BCUT2D eigenvalue weighted by atomic mass is 9.88. The molecular formula is C38H23N2S+. The number of hydrogen-bond acceptors (Lipinski definition) is 2. The van der Waals surface area contributed by atoms with Gasteiger partial charge in [-0.05, 0) is 64.7 Å². The van der Waals surface area contributed by atoms with Crippen molar-refractivity contribution in [3.63, 3.8) is 0 Å². The van der Waals surface area contributed by atoms with Gasteiger partial charge in [0.15, 0.2) is 0 Å². The third kappa shape index (κ3) is 3.34. The maximum Gasteiger partial charge on any atom is 0.332 e. The Labute approximate surface area is 241 Å². The maximum absolute atomic E-state index is 4.98. The van der Waals surface area contributed by atoms with Crippen LogP contribution in [0.3, 0.4) is 0 Å². The highest BCUT2D eigenvalue weighted by atomic mass is 32.1. The Bertz CT molecular complexity index is 2240. The van der Waals surface area contributed by atoms with Crippen molar-refractivity contribution in [3.8, 4) is 33.4 Å². The Morgan fingerprint density at radius 3 is 2.05 bits per heavy atom. The second-order valence-electron chi connectivity index (χ2n) is 10.6. The van der Waals surface area contributed by atoms with Gasteiger partial charge in [0.1, 0.15) is 5.69 Å². The summed E-state index contributed by atoms with van der Waals surface area (Å²) in [5.74, 6) is 2.03. The minimum absolute atomic E-state index is 1.00. The molecule has 41 heavy (non-hydrogen) atoms. The van der Waals surface area contributed by atoms with E-state index in [1.54, 1.807) is 0 Å². The first-order chi connectivity index (χ1) is 20.3. The predicted octanol–water partition coefficient (Wildman–Crippen LogP) is 9.15. The molecule has 0 bridgehead atoms. The van der Waals surface area contributed by atoms with Crippen LogP contribution in [0.15, 0.2) is 140 Å². The van der Waals surface area contributed by atoms with Crippen molar-refractivity contribution in [2.45, 2.75) is 0 Å². The van der Waals surface area contributed by atoms with Crippen molar-refractivity contribution in [3.05, 3.63) is 151 Å². The second-order valence-corrected chi connectivity index (χ2v) is 11.7. The minimum Gasteiger partial charge on any atom is -0.229 e. The summed E-state index contributed by atoms with van der Waals surface area (Å²) >= 11 is 1.88. The van der Waals surface area contributed by atoms with Crippen LogP contribution >= 0.6 is 11.3 Å². The molecule has 190 valence electrons. The summed E-state index contributed by atoms with van der Waals surface area (Å²) in [6, 6.07) is 50.3. The Hall–Kier alpha value is -5.21. The molecule has 0 spiro atoms. The highest BCUT2D eigenvalue weighted by Crippen LogP contribution is 2.44. The van der Waals surface area contributed by atoms with Crippen LogP contribution in [0.25, 0.3) is 53.6 Å². The molecule has 3 heterocycles. The van der Waals surface area contributed by atoms with E-state index in [1.165, 1.54) is 64.8 Å². The fourth-order valence-corrected chi connectivity index (χ4v) is 7.56. The van der Waals surface area contributed by atoms with Gasteiger partial charge in [0.2, 0.25) is 0 Å². The van der Waals surface area contributed by atoms with Crippen molar-refractivity contribution in [1.29, 1.82) is 0 Å². The summed E-state index contributed by atoms with van der Waals surface area (Å²) < 4.78 is 7.66. The number of nitrogens with zero attached hydrogens (tertiary/aromatic N) is 2. The number of benzene rings is 6. The fraction of sp³-hybridized carbons (Fsp3) is 0. The number of fused-ring (bicyclic) bond motifs is 9. The van der Waals surface area contributed by atoms with E-state index in [4.69, 9.17) is 4.67 Å². The number of rotatable bonds is 3. The zero-order chi connectivity index (χ0) is 26.9. The Morgan fingerprint density at radius 2 is 1.12 bits per heavy atom. The van der Waals surface area contributed by atoms with Gasteiger partial charge < -0.3 is 0 Å². The number of anilines is 1. The van der Waals surface area contributed by atoms with Gasteiger partial charge in [-0.1, -0.05) is 97.1 Å². The van der Waals surface area contributed by atoms with Crippen LogP contribution in [0, 0.1) is 0 Å². The lowest BCUT2D eigenvalue weighted by molar-refractivity contribution is 1.25. The van der Waals surface area contributed by atoms with Crippen molar-refractivity contribution >= 4 is 48.9 Å². The van der Waals surface area contributed by atoms with Gasteiger partial charge in [-0.3, -0.25) is 0 Å². The molecule has 0 fully saturated rings. The smallest absolute Gasteiger partial charge is 0.229 e. The minimum atomic E-state index is 1.00. The Kier molecular flexibility index (Phi) is 4.76. The van der Waals surface area contributed by atoms with E-state index in [-0.39, 0.29) is 0 Å². The number of amidine groups is 2. The predicted molar refractivity (Wildman–Crippen MR) is 175 cm³/mol. The molecule has 3 heteroatoms. The van der Waals surface area contributed by atoms with Gasteiger partial charge in [0, 0.05) is 31.3 Å². The van der Waals surface area contributed by atoms with Gasteiger partial charge in [0.25, 0.3) is 0 Å². The lowest BCUT2D eigenvalue weighted by Crippen LogP contribution is -2.51. The molecule has 0 N–H and O–H groups in total. The van der Waals surface area contributed by atoms with Gasteiger partial charge in [-0.25, -0.2) is 4.67 Å². The monoisotopic (exact) mass is 539 g/mol. The quantitative estimate of drug-likeness (QED) is 0.205. The first-order valence-electron chi connectivity index (χ1n) is 13.9. The van der Waals surface area contributed by atoms with Crippen molar-refractivity contribution < 1.29 is 0 Å². The summed E-state index contributed by atoms with van der Waals surface area (Å²) in [5, 5.41) is 2.66. The van der Waals surface area contributed by atoms with Crippen LogP contribution in [0.1, 0.15) is 11.1 Å². The van der Waals surface area contributed by atoms with Gasteiger partial charge >= 0.3 is 11.7 Å². The molecule has 9 rings (SSSR count). The standard InChI is InChI=1S/C38H23N2S/c1-2-10-24(11-3-1)37-39-38-32-16-5-4-14-29(32)33-23-26(20-21-34(33)40(37)38)25-12-8-13-27(22-25)28-17-9-18-31-30-15-6-7-19-35(30)41-36(28)31/h1-23H/q+1. The first-order valence-corrected chi connectivity index (χ1v) is 14.7. The van der Waals surface area contributed by atoms with Gasteiger partial charge in [-0.15, -0.1) is 11.3 Å². The number of thiophene rings is 1. The molecule has 0 saturated heterocycles. The largest absolute Gasteiger partial charge is 0.332 e. The van der Waals surface area contributed by atoms with Crippen LogP contribution in [-0.2, 0) is 0 Å². The first kappa shape index (κ1) is 22.6. The van der Waals surface area contributed by atoms with Crippen LogP contribution in [-0.4, -0.2) is 11.7 Å². The average Bonchev–Trinajstić information content (AvgIpc) is 3.40. The molecular weight excluding hydrogens is 516 g/mol. The summed E-state index contributed by atoms with van der Waals surface area (Å²) in [7, 11) is 0. The summed E-state index contributed by atoms with van der Waals surface area (Å²) in [4.78, 5) is 2.31. The van der Waals surface area contributed by atoms with E-state index < -0.39 is 0 Å². The molecule has 0 saturated carbocycles. The molecule has 0 radical (unpaired) electrons. The van der Waals surface area contributed by atoms with E-state index in [1.807, 2.05) is 11.3 Å². The second kappa shape index (κ2) is 8.64. The zero-order valence-corrected chi connectivity index (χ0v) is 22.9. The van der Waals surface area contributed by atoms with E-state index in [2.05, 4.69) is 144 Å². The van der Waals surface area contributed by atoms with Crippen LogP contribution in [0.5, 0.6) is 0 Å². The molecule has 1 aromatic heterocycles. The van der Waals surface area contributed by atoms with Crippen molar-refractivity contribution in [1.82, 2.24) is 4.67 Å².